The zero-order chi connectivity index (χ0) is 21.9. The Hall–Kier alpha value is -2.82. The van der Waals surface area contributed by atoms with Crippen LogP contribution in [-0.2, 0) is 5.54 Å². The van der Waals surface area contributed by atoms with Crippen LogP contribution in [0.1, 0.15) is 59.7 Å². The van der Waals surface area contributed by atoms with Crippen LogP contribution in [0.15, 0.2) is 44.4 Å². The Morgan fingerprint density at radius 1 is 0.933 bits per heavy atom. The number of aliphatic imine (C=N–C) groups is 3. The van der Waals surface area contributed by atoms with Crippen molar-refractivity contribution in [2.24, 2.45) is 15.0 Å². The van der Waals surface area contributed by atoms with Crippen LogP contribution in [0.2, 0.25) is 0 Å². The minimum atomic E-state index is -0.643. The highest BCUT2D eigenvalue weighted by Gasteiger charge is 2.30. The summed E-state index contributed by atoms with van der Waals surface area (Å²) < 4.78 is 14.3. The van der Waals surface area contributed by atoms with E-state index in [9.17, 15) is 4.39 Å². The SMILES string of the molecule is CC1=CC(C2=NC(C)(C)c3[nH]c4c(c3C=C2)=CC(C)(C)N=CC=4)=CC(C)(C)N=C1F. The van der Waals surface area contributed by atoms with Gasteiger partial charge in [0.25, 0.3) is 0 Å². The molecule has 4 rings (SSSR count). The van der Waals surface area contributed by atoms with Crippen LogP contribution >= 0.6 is 0 Å². The highest BCUT2D eigenvalue weighted by atomic mass is 19.1. The fourth-order valence-electron chi connectivity index (χ4n) is 4.14. The zero-order valence-corrected chi connectivity index (χ0v) is 18.8. The Kier molecular flexibility index (Phi) is 4.49. The molecule has 0 spiro atoms. The van der Waals surface area contributed by atoms with Crippen molar-refractivity contribution in [3.8, 4) is 0 Å². The van der Waals surface area contributed by atoms with Crippen LogP contribution in [0.4, 0.5) is 4.39 Å². The monoisotopic (exact) mass is 404 g/mol. The minimum Gasteiger partial charge on any atom is -0.356 e. The van der Waals surface area contributed by atoms with Gasteiger partial charge in [0, 0.05) is 27.9 Å². The number of fused-ring (bicyclic) bond motifs is 3. The van der Waals surface area contributed by atoms with Gasteiger partial charge in [-0.1, -0.05) is 6.08 Å². The number of hydrogen-bond acceptors (Lipinski definition) is 3. The number of nitrogens with one attached hydrogen (secondary N) is 1. The van der Waals surface area contributed by atoms with E-state index in [1.54, 1.807) is 6.92 Å². The van der Waals surface area contributed by atoms with E-state index in [0.29, 0.717) is 5.57 Å². The molecule has 1 aromatic rings. The summed E-state index contributed by atoms with van der Waals surface area (Å²) in [7, 11) is 0. The molecule has 0 bridgehead atoms. The Bertz CT molecular complexity index is 1220. The molecule has 0 aromatic carbocycles. The van der Waals surface area contributed by atoms with Crippen LogP contribution in [0.3, 0.4) is 0 Å². The van der Waals surface area contributed by atoms with Crippen molar-refractivity contribution >= 4 is 36.1 Å². The molecule has 0 aliphatic carbocycles. The molecule has 0 saturated heterocycles. The number of rotatable bonds is 1. The largest absolute Gasteiger partial charge is 0.356 e. The van der Waals surface area contributed by atoms with Gasteiger partial charge in [0.05, 0.1) is 28.0 Å². The lowest BCUT2D eigenvalue weighted by Crippen LogP contribution is -2.27. The van der Waals surface area contributed by atoms with Crippen molar-refractivity contribution < 1.29 is 4.39 Å². The molecule has 0 amide bonds. The summed E-state index contributed by atoms with van der Waals surface area (Å²) in [6.07, 6.45) is 14.1. The number of nitrogens with zero attached hydrogens (tertiary/aromatic N) is 3. The number of aromatic nitrogens is 1. The molecule has 3 aliphatic heterocycles. The van der Waals surface area contributed by atoms with Crippen LogP contribution in [0, 0.1) is 0 Å². The van der Waals surface area contributed by atoms with Gasteiger partial charge in [0.2, 0.25) is 5.97 Å². The molecule has 0 atom stereocenters. The van der Waals surface area contributed by atoms with E-state index >= 15 is 0 Å². The highest BCUT2D eigenvalue weighted by Crippen LogP contribution is 2.31. The first kappa shape index (κ1) is 20.5. The molecule has 0 saturated carbocycles. The molecular weight excluding hydrogens is 375 g/mol. The lowest BCUT2D eigenvalue weighted by Gasteiger charge is -2.21. The smallest absolute Gasteiger partial charge is 0.212 e. The third-order valence-corrected chi connectivity index (χ3v) is 5.56. The average molecular weight is 405 g/mol. The number of hydrogen-bond donors (Lipinski definition) is 1. The molecule has 1 aromatic heterocycles. The molecule has 30 heavy (non-hydrogen) atoms. The second-order valence-corrected chi connectivity index (χ2v) is 9.86. The van der Waals surface area contributed by atoms with Crippen molar-refractivity contribution in [3.63, 3.8) is 0 Å². The van der Waals surface area contributed by atoms with Gasteiger partial charge in [-0.25, -0.2) is 4.99 Å². The van der Waals surface area contributed by atoms with E-state index in [0.717, 1.165) is 33.1 Å². The number of allylic oxidation sites excluding steroid dienone is 4. The molecule has 156 valence electrons. The normalized spacial score (nSPS) is 23.2. The van der Waals surface area contributed by atoms with Gasteiger partial charge in [-0.15, -0.1) is 0 Å². The summed E-state index contributed by atoms with van der Waals surface area (Å²) in [6, 6.07) is 0. The predicted molar refractivity (Wildman–Crippen MR) is 126 cm³/mol. The second kappa shape index (κ2) is 6.59. The van der Waals surface area contributed by atoms with E-state index in [1.807, 2.05) is 44.4 Å². The predicted octanol–water partition coefficient (Wildman–Crippen LogP) is 4.17. The van der Waals surface area contributed by atoms with E-state index < -0.39 is 17.0 Å². The van der Waals surface area contributed by atoms with Gasteiger partial charge in [-0.3, -0.25) is 9.98 Å². The average Bonchev–Trinajstić information content (AvgIpc) is 2.70. The first-order valence-corrected chi connectivity index (χ1v) is 10.3. The first-order valence-electron chi connectivity index (χ1n) is 10.3. The third kappa shape index (κ3) is 3.69. The van der Waals surface area contributed by atoms with Crippen molar-refractivity contribution in [2.75, 3.05) is 0 Å². The van der Waals surface area contributed by atoms with Crippen molar-refractivity contribution in [2.45, 2.75) is 65.1 Å². The fourth-order valence-corrected chi connectivity index (χ4v) is 4.14. The highest BCUT2D eigenvalue weighted by molar-refractivity contribution is 6.14. The van der Waals surface area contributed by atoms with Gasteiger partial charge in [-0.05, 0) is 84.4 Å². The Morgan fingerprint density at radius 2 is 1.67 bits per heavy atom. The number of H-pyrrole nitrogens is 1. The van der Waals surface area contributed by atoms with Gasteiger partial charge in [0.15, 0.2) is 0 Å². The van der Waals surface area contributed by atoms with Gasteiger partial charge >= 0.3 is 0 Å². The van der Waals surface area contributed by atoms with Gasteiger partial charge in [0.1, 0.15) is 0 Å². The Balaban J connectivity index is 1.90. The Morgan fingerprint density at radius 3 is 2.40 bits per heavy atom. The maximum Gasteiger partial charge on any atom is 0.212 e. The lowest BCUT2D eigenvalue weighted by atomic mass is 9.96. The lowest BCUT2D eigenvalue weighted by molar-refractivity contribution is 0.542. The molecule has 3 aliphatic rings. The van der Waals surface area contributed by atoms with Crippen molar-refractivity contribution in [3.05, 3.63) is 51.2 Å². The number of halogens is 1. The summed E-state index contributed by atoms with van der Waals surface area (Å²) in [5.74, 6) is -0.424. The molecule has 0 radical (unpaired) electrons. The van der Waals surface area contributed by atoms with Gasteiger partial charge in [-0.2, -0.15) is 4.39 Å². The summed E-state index contributed by atoms with van der Waals surface area (Å²) in [4.78, 5) is 17.5. The zero-order valence-electron chi connectivity index (χ0n) is 18.8. The van der Waals surface area contributed by atoms with Crippen LogP contribution < -0.4 is 10.6 Å². The van der Waals surface area contributed by atoms with Crippen LogP contribution in [-0.4, -0.2) is 34.0 Å². The van der Waals surface area contributed by atoms with Gasteiger partial charge < -0.3 is 4.98 Å². The maximum absolute atomic E-state index is 14.3. The second-order valence-electron chi connectivity index (χ2n) is 9.86. The quantitative estimate of drug-likeness (QED) is 0.730. The molecule has 4 heterocycles. The van der Waals surface area contributed by atoms with Crippen LogP contribution in [0.5, 0.6) is 0 Å². The van der Waals surface area contributed by atoms with Crippen molar-refractivity contribution in [1.29, 1.82) is 0 Å². The molecule has 4 nitrogen and oxygen atoms in total. The number of aromatic amines is 1. The van der Waals surface area contributed by atoms with E-state index in [1.165, 1.54) is 0 Å². The molecule has 1 N–H and O–H groups in total. The summed E-state index contributed by atoms with van der Waals surface area (Å²) in [6.45, 7) is 13.9. The molecule has 0 unspecified atom stereocenters. The fraction of sp³-hybridized carbons (Fsp3) is 0.400. The summed E-state index contributed by atoms with van der Waals surface area (Å²) in [5.41, 5.74) is 3.00. The van der Waals surface area contributed by atoms with E-state index in [4.69, 9.17) is 4.99 Å². The maximum atomic E-state index is 14.3. The Labute approximate surface area is 177 Å². The molecular formula is C25H29FN4. The summed E-state index contributed by atoms with van der Waals surface area (Å²) in [5, 5.41) is 2.19. The topological polar surface area (TPSA) is 52.9 Å². The minimum absolute atomic E-state index is 0.283. The molecule has 5 heteroatoms. The molecule has 0 fully saturated rings. The van der Waals surface area contributed by atoms with E-state index in [2.05, 4.69) is 54.8 Å². The van der Waals surface area contributed by atoms with Crippen molar-refractivity contribution in [1.82, 2.24) is 4.98 Å². The third-order valence-electron chi connectivity index (χ3n) is 5.56. The standard InChI is InChI=1S/C25H29FN4/c1-15-12-16(13-24(4,5)30-22(15)26)19-9-8-17-18-14-23(2,3)27-11-10-20(18)28-21(17)25(6,7)29-19/h8-14,28H,1-7H3. The first-order chi connectivity index (χ1) is 13.9. The van der Waals surface area contributed by atoms with Crippen LogP contribution in [0.25, 0.3) is 18.2 Å². The van der Waals surface area contributed by atoms with E-state index in [-0.39, 0.29) is 5.54 Å². The summed E-state index contributed by atoms with van der Waals surface area (Å²) >= 11 is 0.